The maximum absolute atomic E-state index is 12.8. The predicted octanol–water partition coefficient (Wildman–Crippen LogP) is 3.84. The van der Waals surface area contributed by atoms with Gasteiger partial charge in [-0.3, -0.25) is 4.79 Å². The maximum Gasteiger partial charge on any atom is 0.341 e. The van der Waals surface area contributed by atoms with Crippen LogP contribution in [0, 0.1) is 13.8 Å². The number of carbonyl (C=O) groups is 2. The Kier molecular flexibility index (Phi) is 7.47. The third-order valence-corrected chi connectivity index (χ3v) is 5.56. The van der Waals surface area contributed by atoms with Crippen molar-refractivity contribution in [2.45, 2.75) is 27.7 Å². The molecule has 0 saturated heterocycles. The molecule has 0 aliphatic carbocycles. The van der Waals surface area contributed by atoms with E-state index in [1.807, 2.05) is 32.9 Å². The third kappa shape index (κ3) is 4.85. The monoisotopic (exact) mass is 420 g/mol. The average molecular weight is 421 g/mol. The number of esters is 1. The van der Waals surface area contributed by atoms with Crippen molar-refractivity contribution in [3.63, 3.8) is 0 Å². The lowest BCUT2D eigenvalue weighted by molar-refractivity contribution is 0.0601. The molecule has 1 amide bonds. The van der Waals surface area contributed by atoms with Crippen LogP contribution >= 0.6 is 23.6 Å². The Morgan fingerprint density at radius 1 is 1.25 bits per heavy atom. The Morgan fingerprint density at radius 3 is 2.50 bits per heavy atom. The lowest BCUT2D eigenvalue weighted by Crippen LogP contribution is -2.30. The zero-order chi connectivity index (χ0) is 20.8. The highest BCUT2D eigenvalue weighted by Gasteiger charge is 2.27. The summed E-state index contributed by atoms with van der Waals surface area (Å²) in [5, 5.41) is 6.73. The molecule has 0 atom stereocenters. The van der Waals surface area contributed by atoms with E-state index < -0.39 is 5.97 Å². The molecule has 9 heteroatoms. The smallest absolute Gasteiger partial charge is 0.341 e. The number of anilines is 2. The quantitative estimate of drug-likeness (QED) is 0.543. The van der Waals surface area contributed by atoms with Gasteiger partial charge in [-0.25, -0.2) is 9.78 Å². The summed E-state index contributed by atoms with van der Waals surface area (Å²) < 4.78 is 4.91. The Balaban J connectivity index is 2.34. The van der Waals surface area contributed by atoms with Gasteiger partial charge in [0.25, 0.3) is 5.91 Å². The van der Waals surface area contributed by atoms with Gasteiger partial charge in [0.1, 0.15) is 10.8 Å². The summed E-state index contributed by atoms with van der Waals surface area (Å²) in [6.07, 6.45) is 1.68. The molecule has 2 aromatic heterocycles. The van der Waals surface area contributed by atoms with Crippen molar-refractivity contribution in [1.82, 2.24) is 9.88 Å². The SMILES string of the molecule is CCN(CC)C(=O)c1sc(NC(=S)Nc2cc(C)ccn2)c(C(=O)OC)c1C. The van der Waals surface area contributed by atoms with Gasteiger partial charge in [-0.05, 0) is 63.2 Å². The van der Waals surface area contributed by atoms with E-state index in [-0.39, 0.29) is 11.0 Å². The maximum atomic E-state index is 12.8. The van der Waals surface area contributed by atoms with Crippen LogP contribution in [0.1, 0.15) is 45.0 Å². The van der Waals surface area contributed by atoms with Crippen molar-refractivity contribution in [2.75, 3.05) is 30.8 Å². The molecule has 7 nitrogen and oxygen atoms in total. The van der Waals surface area contributed by atoms with Crippen molar-refractivity contribution in [3.8, 4) is 0 Å². The number of rotatable bonds is 6. The van der Waals surface area contributed by atoms with Crippen LogP contribution in [0.15, 0.2) is 18.3 Å². The fourth-order valence-corrected chi connectivity index (χ4v) is 4.10. The summed E-state index contributed by atoms with van der Waals surface area (Å²) in [5.41, 5.74) is 1.92. The number of methoxy groups -OCH3 is 1. The number of ether oxygens (including phenoxy) is 1. The van der Waals surface area contributed by atoms with Crippen LogP contribution in [-0.4, -0.2) is 47.1 Å². The van der Waals surface area contributed by atoms with Gasteiger partial charge in [0.2, 0.25) is 0 Å². The minimum Gasteiger partial charge on any atom is -0.465 e. The van der Waals surface area contributed by atoms with Crippen LogP contribution in [-0.2, 0) is 4.74 Å². The summed E-state index contributed by atoms with van der Waals surface area (Å²) in [4.78, 5) is 31.5. The second kappa shape index (κ2) is 9.61. The van der Waals surface area contributed by atoms with Gasteiger partial charge in [-0.1, -0.05) is 0 Å². The number of nitrogens with zero attached hydrogens (tertiary/aromatic N) is 2. The molecule has 28 heavy (non-hydrogen) atoms. The van der Waals surface area contributed by atoms with E-state index in [0.29, 0.717) is 39.9 Å². The molecule has 0 radical (unpaired) electrons. The molecule has 0 saturated carbocycles. The number of thiocarbonyl (C=S) groups is 1. The van der Waals surface area contributed by atoms with Gasteiger partial charge in [0.15, 0.2) is 5.11 Å². The molecular weight excluding hydrogens is 396 g/mol. The number of hydrogen-bond acceptors (Lipinski definition) is 6. The number of pyridine rings is 1. The van der Waals surface area contributed by atoms with E-state index in [9.17, 15) is 9.59 Å². The highest BCUT2D eigenvalue weighted by molar-refractivity contribution is 7.80. The van der Waals surface area contributed by atoms with Gasteiger partial charge in [0, 0.05) is 19.3 Å². The molecule has 2 aromatic rings. The standard InChI is InChI=1S/C19H24N4O3S2/c1-6-23(7-2)17(24)15-12(4)14(18(25)26-5)16(28-15)22-19(27)21-13-10-11(3)8-9-20-13/h8-10H,6-7H2,1-5H3,(H2,20,21,22,27). The second-order valence-corrected chi connectivity index (χ2v) is 7.46. The highest BCUT2D eigenvalue weighted by Crippen LogP contribution is 2.34. The lowest BCUT2D eigenvalue weighted by Gasteiger charge is -2.17. The molecule has 0 spiro atoms. The first-order valence-corrected chi connectivity index (χ1v) is 10.1. The molecule has 2 rings (SSSR count). The van der Waals surface area contributed by atoms with Crippen LogP contribution < -0.4 is 10.6 Å². The van der Waals surface area contributed by atoms with E-state index in [0.717, 1.165) is 5.56 Å². The Labute approximate surface area is 174 Å². The summed E-state index contributed by atoms with van der Waals surface area (Å²) in [5.74, 6) is -0.0545. The Morgan fingerprint density at radius 2 is 1.93 bits per heavy atom. The Hall–Kier alpha value is -2.52. The molecule has 0 aromatic carbocycles. The van der Waals surface area contributed by atoms with Crippen LogP contribution in [0.4, 0.5) is 10.8 Å². The fraction of sp³-hybridized carbons (Fsp3) is 0.368. The number of aromatic nitrogens is 1. The zero-order valence-electron chi connectivity index (χ0n) is 16.6. The van der Waals surface area contributed by atoms with Crippen LogP contribution in [0.2, 0.25) is 0 Å². The highest BCUT2D eigenvalue weighted by atomic mass is 32.1. The number of carbonyl (C=O) groups excluding carboxylic acids is 2. The van der Waals surface area contributed by atoms with Crippen LogP contribution in [0.3, 0.4) is 0 Å². The number of aryl methyl sites for hydroxylation is 1. The number of amides is 1. The van der Waals surface area contributed by atoms with Crippen LogP contribution in [0.5, 0.6) is 0 Å². The van der Waals surface area contributed by atoms with Crippen molar-refractivity contribution in [1.29, 1.82) is 0 Å². The minimum atomic E-state index is -0.522. The number of thiophene rings is 1. The summed E-state index contributed by atoms with van der Waals surface area (Å²) in [6.45, 7) is 8.69. The van der Waals surface area contributed by atoms with Gasteiger partial charge < -0.3 is 20.3 Å². The number of hydrogen-bond donors (Lipinski definition) is 2. The zero-order valence-corrected chi connectivity index (χ0v) is 18.2. The third-order valence-electron chi connectivity index (χ3n) is 4.17. The minimum absolute atomic E-state index is 0.120. The van der Waals surface area contributed by atoms with Crippen molar-refractivity contribution in [2.24, 2.45) is 0 Å². The first kappa shape index (κ1) is 21.8. The van der Waals surface area contributed by atoms with E-state index in [1.54, 1.807) is 18.0 Å². The summed E-state index contributed by atoms with van der Waals surface area (Å²) in [7, 11) is 1.31. The van der Waals surface area contributed by atoms with Crippen LogP contribution in [0.25, 0.3) is 0 Å². The van der Waals surface area contributed by atoms with Crippen molar-refractivity contribution >= 4 is 51.4 Å². The Bertz CT molecular complexity index is 891. The fourth-order valence-electron chi connectivity index (χ4n) is 2.66. The average Bonchev–Trinajstić information content (AvgIpc) is 2.97. The first-order valence-electron chi connectivity index (χ1n) is 8.83. The second-order valence-electron chi connectivity index (χ2n) is 6.03. The normalized spacial score (nSPS) is 10.3. The number of nitrogens with one attached hydrogen (secondary N) is 2. The van der Waals surface area contributed by atoms with E-state index >= 15 is 0 Å². The van der Waals surface area contributed by atoms with Crippen molar-refractivity contribution < 1.29 is 14.3 Å². The van der Waals surface area contributed by atoms with Crippen molar-refractivity contribution in [3.05, 3.63) is 39.9 Å². The summed E-state index contributed by atoms with van der Waals surface area (Å²) in [6, 6.07) is 3.73. The largest absolute Gasteiger partial charge is 0.465 e. The van der Waals surface area contributed by atoms with E-state index in [1.165, 1.54) is 18.4 Å². The molecule has 0 aliphatic rings. The topological polar surface area (TPSA) is 83.6 Å². The molecular formula is C19H24N4O3S2. The van der Waals surface area contributed by atoms with Gasteiger partial charge in [-0.15, -0.1) is 11.3 Å². The van der Waals surface area contributed by atoms with E-state index in [2.05, 4.69) is 15.6 Å². The van der Waals surface area contributed by atoms with Gasteiger partial charge in [0.05, 0.1) is 17.6 Å². The van der Waals surface area contributed by atoms with E-state index in [4.69, 9.17) is 17.0 Å². The molecule has 150 valence electrons. The molecule has 2 N–H and O–H groups in total. The van der Waals surface area contributed by atoms with Gasteiger partial charge in [-0.2, -0.15) is 0 Å². The summed E-state index contributed by atoms with van der Waals surface area (Å²) >= 11 is 6.54. The molecule has 2 heterocycles. The molecule has 0 bridgehead atoms. The molecule has 0 unspecified atom stereocenters. The predicted molar refractivity (Wildman–Crippen MR) is 116 cm³/mol. The first-order chi connectivity index (χ1) is 13.3. The lowest BCUT2D eigenvalue weighted by atomic mass is 10.1. The van der Waals surface area contributed by atoms with Gasteiger partial charge >= 0.3 is 5.97 Å². The molecule has 0 fully saturated rings. The molecule has 0 aliphatic heterocycles.